The molecule has 0 amide bonds. The van der Waals surface area contributed by atoms with Crippen molar-refractivity contribution in [3.8, 4) is 0 Å². The third-order valence-corrected chi connectivity index (χ3v) is 4.36. The fourth-order valence-electron chi connectivity index (χ4n) is 0.786. The molecule has 1 aromatic rings. The van der Waals surface area contributed by atoms with Crippen molar-refractivity contribution in [2.24, 2.45) is 4.36 Å². The summed E-state index contributed by atoms with van der Waals surface area (Å²) in [6, 6.07) is 8.12. The summed E-state index contributed by atoms with van der Waals surface area (Å²) in [5.74, 6) is 0. The Kier molecular flexibility index (Phi) is 1.76. The largest absolute Gasteiger partial charge is 0.206 e. The fourth-order valence-corrected chi connectivity index (χ4v) is 3.95. The average molecular weight is 187 g/mol. The van der Waals surface area contributed by atoms with Crippen molar-refractivity contribution < 1.29 is 0 Å². The summed E-state index contributed by atoms with van der Waals surface area (Å²) in [7, 11) is 1.58. The van der Waals surface area contributed by atoms with Gasteiger partial charge >= 0.3 is 0 Å². The van der Waals surface area contributed by atoms with E-state index in [1.807, 2.05) is 18.2 Å². The Morgan fingerprint density at radius 3 is 3.00 bits per heavy atom. The Morgan fingerprint density at radius 2 is 2.20 bits per heavy atom. The van der Waals surface area contributed by atoms with Gasteiger partial charge in [0.2, 0.25) is 0 Å². The summed E-state index contributed by atoms with van der Waals surface area (Å²) in [6.45, 7) is 0. The quantitative estimate of drug-likeness (QED) is 0.486. The number of benzene rings is 1. The predicted octanol–water partition coefficient (Wildman–Crippen LogP) is 2.99. The lowest BCUT2D eigenvalue weighted by Crippen LogP contribution is -1.62. The van der Waals surface area contributed by atoms with E-state index in [4.69, 9.17) is 0 Å². The lowest BCUT2D eigenvalue weighted by Gasteiger charge is -1.89. The van der Waals surface area contributed by atoms with Gasteiger partial charge in [0.05, 0.1) is 5.69 Å². The van der Waals surface area contributed by atoms with E-state index in [9.17, 15) is 0 Å². The normalized spacial score (nSPS) is 21.9. The standard InChI is InChI=1S/C6H5NS3/c8-10-7-5-3-1-2-4-6(5)9-10/h1-4H,(H,7,8). The molecular formula is C6H5NS3. The molecule has 0 fully saturated rings. The van der Waals surface area contributed by atoms with Gasteiger partial charge in [0.15, 0.2) is 0 Å². The second-order valence-corrected chi connectivity index (χ2v) is 6.35. The Labute approximate surface area is 70.5 Å². The van der Waals surface area contributed by atoms with E-state index >= 15 is 0 Å². The maximum Gasteiger partial charge on any atom is 0.0867 e. The smallest absolute Gasteiger partial charge is 0.0867 e. The number of hydrogen-bond donors (Lipinski definition) is 1. The van der Waals surface area contributed by atoms with Gasteiger partial charge in [-0.25, -0.2) is 4.36 Å². The van der Waals surface area contributed by atoms with Crippen molar-refractivity contribution in [1.82, 2.24) is 0 Å². The molecule has 1 aliphatic heterocycles. The third-order valence-electron chi connectivity index (χ3n) is 1.21. The van der Waals surface area contributed by atoms with E-state index in [1.165, 1.54) is 4.90 Å². The molecule has 1 aliphatic rings. The number of nitrogens with zero attached hydrogens (tertiary/aromatic N) is 1. The molecule has 0 saturated heterocycles. The highest BCUT2D eigenvalue weighted by Gasteiger charge is 2.09. The molecule has 4 heteroatoms. The van der Waals surface area contributed by atoms with Crippen LogP contribution in [0.5, 0.6) is 0 Å². The molecule has 0 radical (unpaired) electrons. The van der Waals surface area contributed by atoms with E-state index in [-0.39, 0.29) is 8.76 Å². The second kappa shape index (κ2) is 2.60. The molecule has 1 heterocycles. The number of rotatable bonds is 0. The van der Waals surface area contributed by atoms with Crippen molar-refractivity contribution in [1.29, 1.82) is 0 Å². The van der Waals surface area contributed by atoms with Crippen LogP contribution in [0.2, 0.25) is 0 Å². The van der Waals surface area contributed by atoms with Crippen LogP contribution in [0.25, 0.3) is 0 Å². The van der Waals surface area contributed by atoms with E-state index in [0.29, 0.717) is 0 Å². The van der Waals surface area contributed by atoms with Crippen molar-refractivity contribution >= 4 is 36.9 Å². The molecule has 1 unspecified atom stereocenters. The topological polar surface area (TPSA) is 12.4 Å². The molecule has 0 bridgehead atoms. The van der Waals surface area contributed by atoms with Crippen molar-refractivity contribution in [2.45, 2.75) is 4.90 Å². The molecule has 0 spiro atoms. The Morgan fingerprint density at radius 1 is 1.40 bits per heavy atom. The summed E-state index contributed by atoms with van der Waals surface area (Å²) in [4.78, 5) is 1.25. The maximum absolute atomic E-state index is 4.31. The number of thiol groups is 1. The van der Waals surface area contributed by atoms with Crippen LogP contribution < -0.4 is 0 Å². The number of hydrogen-bond acceptors (Lipinski definition) is 2. The molecule has 1 atom stereocenters. The van der Waals surface area contributed by atoms with Gasteiger partial charge in [0, 0.05) is 13.7 Å². The molecule has 2 rings (SSSR count). The summed E-state index contributed by atoms with van der Waals surface area (Å²) in [5, 5.41) is 0. The first-order valence-corrected chi connectivity index (χ1v) is 6.35. The molecule has 1 aromatic carbocycles. The van der Waals surface area contributed by atoms with E-state index in [0.717, 1.165) is 5.69 Å². The van der Waals surface area contributed by atoms with E-state index in [2.05, 4.69) is 22.1 Å². The Bertz CT molecular complexity index is 295. The van der Waals surface area contributed by atoms with Gasteiger partial charge in [-0.2, -0.15) is 0 Å². The van der Waals surface area contributed by atoms with Gasteiger partial charge in [0.25, 0.3) is 0 Å². The lowest BCUT2D eigenvalue weighted by atomic mass is 10.3. The average Bonchev–Trinajstić information content (AvgIpc) is 2.27. The van der Waals surface area contributed by atoms with Crippen molar-refractivity contribution in [2.75, 3.05) is 0 Å². The second-order valence-electron chi connectivity index (χ2n) is 1.87. The summed E-state index contributed by atoms with van der Waals surface area (Å²) >= 11 is 4.26. The minimum Gasteiger partial charge on any atom is -0.206 e. The van der Waals surface area contributed by atoms with Crippen LogP contribution in [0.1, 0.15) is 0 Å². The van der Waals surface area contributed by atoms with Crippen LogP contribution in [-0.2, 0) is 8.76 Å². The predicted molar refractivity (Wildman–Crippen MR) is 50.7 cm³/mol. The zero-order valence-corrected chi connectivity index (χ0v) is 7.55. The molecule has 0 aromatic heterocycles. The number of fused-ring (bicyclic) bond motifs is 1. The molecule has 10 heavy (non-hydrogen) atoms. The zero-order valence-electron chi connectivity index (χ0n) is 5.02. The van der Waals surface area contributed by atoms with Crippen LogP contribution in [0, 0.1) is 0 Å². The minimum absolute atomic E-state index is 0.133. The lowest BCUT2D eigenvalue weighted by molar-refractivity contribution is 1.42. The van der Waals surface area contributed by atoms with E-state index < -0.39 is 0 Å². The molecule has 0 saturated carbocycles. The highest BCUT2D eigenvalue weighted by molar-refractivity contribution is 8.98. The molecule has 1 nitrogen and oxygen atoms in total. The Balaban J connectivity index is 2.54. The molecule has 0 aliphatic carbocycles. The van der Waals surface area contributed by atoms with Gasteiger partial charge in [-0.15, -0.1) is 0 Å². The molecule has 52 valence electrons. The Hall–Kier alpha value is 0.0700. The first-order valence-electron chi connectivity index (χ1n) is 2.79. The highest BCUT2D eigenvalue weighted by atomic mass is 33.5. The SMILES string of the molecule is SS1=Nc2ccccc2S1. The van der Waals surface area contributed by atoms with Crippen LogP contribution in [0.4, 0.5) is 5.69 Å². The van der Waals surface area contributed by atoms with Crippen LogP contribution in [0.3, 0.4) is 0 Å². The third kappa shape index (κ3) is 1.11. The summed E-state index contributed by atoms with van der Waals surface area (Å²) < 4.78 is 4.31. The maximum atomic E-state index is 4.31. The summed E-state index contributed by atoms with van der Waals surface area (Å²) in [6.07, 6.45) is 0. The highest BCUT2D eigenvalue weighted by Crippen LogP contribution is 2.41. The van der Waals surface area contributed by atoms with Gasteiger partial charge in [-0.3, -0.25) is 0 Å². The van der Waals surface area contributed by atoms with Gasteiger partial charge < -0.3 is 0 Å². The first-order chi connectivity index (χ1) is 4.86. The van der Waals surface area contributed by atoms with E-state index in [1.54, 1.807) is 10.8 Å². The van der Waals surface area contributed by atoms with Gasteiger partial charge in [0.1, 0.15) is 0 Å². The zero-order chi connectivity index (χ0) is 6.97. The molecule has 0 N–H and O–H groups in total. The molecular weight excluding hydrogens is 182 g/mol. The van der Waals surface area contributed by atoms with Gasteiger partial charge in [-0.05, 0) is 22.9 Å². The monoisotopic (exact) mass is 187 g/mol. The van der Waals surface area contributed by atoms with Crippen LogP contribution in [0.15, 0.2) is 33.5 Å². The van der Waals surface area contributed by atoms with Crippen molar-refractivity contribution in [3.63, 3.8) is 0 Å². The van der Waals surface area contributed by atoms with Crippen molar-refractivity contribution in [3.05, 3.63) is 24.3 Å². The minimum atomic E-state index is -0.133. The van der Waals surface area contributed by atoms with Gasteiger partial charge in [-0.1, -0.05) is 23.8 Å². The summed E-state index contributed by atoms with van der Waals surface area (Å²) in [5.41, 5.74) is 1.09. The fraction of sp³-hybridized carbons (Fsp3) is 0. The first kappa shape index (κ1) is 6.76. The van der Waals surface area contributed by atoms with Crippen LogP contribution >= 0.6 is 22.5 Å². The van der Waals surface area contributed by atoms with Crippen LogP contribution in [-0.4, -0.2) is 0 Å².